The fourth-order valence-corrected chi connectivity index (χ4v) is 2.54. The van der Waals surface area contributed by atoms with Crippen LogP contribution in [0.1, 0.15) is 17.5 Å². The molecule has 98 valence electrons. The Morgan fingerprint density at radius 1 is 1.05 bits per heavy atom. The van der Waals surface area contributed by atoms with Crippen LogP contribution in [0.2, 0.25) is 0 Å². The van der Waals surface area contributed by atoms with Crippen LogP contribution in [0.4, 0.5) is 0 Å². The highest BCUT2D eigenvalue weighted by atomic mass is 16.4. The largest absolute Gasteiger partial charge is 0.481 e. The highest BCUT2D eigenvalue weighted by molar-refractivity contribution is 5.87. The first-order valence-electron chi connectivity index (χ1n) is 6.59. The summed E-state index contributed by atoms with van der Waals surface area (Å²) in [5.74, 6) is 5.30. The maximum atomic E-state index is 11.6. The summed E-state index contributed by atoms with van der Waals surface area (Å²) < 4.78 is 0. The predicted octanol–water partition coefficient (Wildman–Crippen LogP) is 3.08. The molecule has 1 fully saturated rings. The third-order valence-corrected chi connectivity index (χ3v) is 3.80. The summed E-state index contributed by atoms with van der Waals surface area (Å²) in [4.78, 5) is 11.6. The van der Waals surface area contributed by atoms with Gasteiger partial charge in [0.25, 0.3) is 0 Å². The molecule has 2 unspecified atom stereocenters. The highest BCUT2D eigenvalue weighted by Gasteiger charge is 2.61. The van der Waals surface area contributed by atoms with Gasteiger partial charge in [-0.3, -0.25) is 4.79 Å². The topological polar surface area (TPSA) is 37.3 Å². The number of rotatable bonds is 2. The molecule has 0 aromatic heterocycles. The van der Waals surface area contributed by atoms with Crippen LogP contribution < -0.4 is 0 Å². The molecule has 1 aliphatic rings. The standard InChI is InChI=1S/C18H14O2/c19-17(20)18(15-9-5-2-6-10-15)13-16(18)12-11-14-7-3-1-4-8-14/h1-10,16H,13H2,(H,19,20). The molecule has 2 aromatic rings. The molecule has 1 saturated carbocycles. The minimum absolute atomic E-state index is 0.109. The monoisotopic (exact) mass is 262 g/mol. The molecule has 0 saturated heterocycles. The Bertz CT molecular complexity index is 680. The first-order chi connectivity index (χ1) is 9.73. The molecule has 0 amide bonds. The van der Waals surface area contributed by atoms with Crippen LogP contribution in [0.3, 0.4) is 0 Å². The molecule has 0 bridgehead atoms. The maximum absolute atomic E-state index is 11.6. The van der Waals surface area contributed by atoms with Gasteiger partial charge in [0.15, 0.2) is 0 Å². The van der Waals surface area contributed by atoms with E-state index in [1.54, 1.807) is 0 Å². The lowest BCUT2D eigenvalue weighted by molar-refractivity contribution is -0.140. The lowest BCUT2D eigenvalue weighted by atomic mass is 9.93. The molecule has 0 aliphatic heterocycles. The lowest BCUT2D eigenvalue weighted by Gasteiger charge is -2.10. The summed E-state index contributed by atoms with van der Waals surface area (Å²) in [5.41, 5.74) is 0.954. The van der Waals surface area contributed by atoms with E-state index in [2.05, 4.69) is 11.8 Å². The van der Waals surface area contributed by atoms with Crippen LogP contribution in [-0.4, -0.2) is 11.1 Å². The van der Waals surface area contributed by atoms with Crippen LogP contribution in [0.5, 0.6) is 0 Å². The Kier molecular flexibility index (Phi) is 3.04. The van der Waals surface area contributed by atoms with Crippen molar-refractivity contribution in [3.05, 3.63) is 71.8 Å². The first-order valence-corrected chi connectivity index (χ1v) is 6.59. The van der Waals surface area contributed by atoms with E-state index in [0.717, 1.165) is 11.1 Å². The van der Waals surface area contributed by atoms with Gasteiger partial charge in [-0.25, -0.2) is 0 Å². The van der Waals surface area contributed by atoms with Crippen molar-refractivity contribution in [2.45, 2.75) is 11.8 Å². The van der Waals surface area contributed by atoms with Crippen molar-refractivity contribution in [2.24, 2.45) is 5.92 Å². The molecule has 2 heteroatoms. The van der Waals surface area contributed by atoms with Gasteiger partial charge in [0.2, 0.25) is 0 Å². The second-order valence-electron chi connectivity index (χ2n) is 5.03. The number of carbonyl (C=O) groups is 1. The zero-order valence-electron chi connectivity index (χ0n) is 10.9. The number of aliphatic carboxylic acids is 1. The highest BCUT2D eigenvalue weighted by Crippen LogP contribution is 2.54. The van der Waals surface area contributed by atoms with Crippen LogP contribution in [0.15, 0.2) is 60.7 Å². The zero-order chi connectivity index (χ0) is 14.0. The summed E-state index contributed by atoms with van der Waals surface area (Å²) in [6, 6.07) is 19.0. The number of carboxylic acid groups (broad SMARTS) is 1. The third-order valence-electron chi connectivity index (χ3n) is 3.80. The minimum atomic E-state index is -0.816. The molecule has 0 heterocycles. The molecule has 0 spiro atoms. The Morgan fingerprint density at radius 2 is 1.65 bits per heavy atom. The first kappa shape index (κ1) is 12.5. The molecular weight excluding hydrogens is 248 g/mol. The van der Waals surface area contributed by atoms with Crippen molar-refractivity contribution < 1.29 is 9.90 Å². The second-order valence-corrected chi connectivity index (χ2v) is 5.03. The zero-order valence-corrected chi connectivity index (χ0v) is 10.9. The van der Waals surface area contributed by atoms with Gasteiger partial charge >= 0.3 is 5.97 Å². The van der Waals surface area contributed by atoms with Gasteiger partial charge in [-0.15, -0.1) is 0 Å². The van der Waals surface area contributed by atoms with E-state index in [9.17, 15) is 9.90 Å². The number of hydrogen-bond donors (Lipinski definition) is 1. The smallest absolute Gasteiger partial charge is 0.315 e. The van der Waals surface area contributed by atoms with E-state index in [0.29, 0.717) is 6.42 Å². The molecule has 2 nitrogen and oxygen atoms in total. The van der Waals surface area contributed by atoms with E-state index < -0.39 is 11.4 Å². The van der Waals surface area contributed by atoms with Crippen LogP contribution >= 0.6 is 0 Å². The van der Waals surface area contributed by atoms with Crippen LogP contribution in [-0.2, 0) is 10.2 Å². The fourth-order valence-electron chi connectivity index (χ4n) is 2.54. The number of carboxylic acids is 1. The van der Waals surface area contributed by atoms with E-state index in [-0.39, 0.29) is 5.92 Å². The molecule has 2 atom stereocenters. The molecule has 1 N–H and O–H groups in total. The van der Waals surface area contributed by atoms with Crippen molar-refractivity contribution in [2.75, 3.05) is 0 Å². The van der Waals surface area contributed by atoms with Crippen molar-refractivity contribution >= 4 is 5.97 Å². The Morgan fingerprint density at radius 3 is 2.25 bits per heavy atom. The summed E-state index contributed by atoms with van der Waals surface area (Å²) >= 11 is 0. The number of benzene rings is 2. The molecule has 3 rings (SSSR count). The van der Waals surface area contributed by atoms with Crippen molar-refractivity contribution in [1.29, 1.82) is 0 Å². The molecule has 0 radical (unpaired) electrons. The van der Waals surface area contributed by atoms with Crippen molar-refractivity contribution in [3.63, 3.8) is 0 Å². The van der Waals surface area contributed by atoms with Gasteiger partial charge < -0.3 is 5.11 Å². The average molecular weight is 262 g/mol. The van der Waals surface area contributed by atoms with Gasteiger partial charge in [-0.2, -0.15) is 0 Å². The molecule has 2 aromatic carbocycles. The predicted molar refractivity (Wildman–Crippen MR) is 77.2 cm³/mol. The van der Waals surface area contributed by atoms with Gasteiger partial charge in [0.1, 0.15) is 5.41 Å². The second kappa shape index (κ2) is 4.86. The quantitative estimate of drug-likeness (QED) is 0.844. The SMILES string of the molecule is O=C(O)C1(c2ccccc2)CC1C#Cc1ccccc1. The van der Waals surface area contributed by atoms with Crippen LogP contribution in [0, 0.1) is 17.8 Å². The average Bonchev–Trinajstić information content (AvgIpc) is 3.23. The Labute approximate surface area is 118 Å². The Hall–Kier alpha value is -2.53. The normalized spacial score (nSPS) is 23.5. The van der Waals surface area contributed by atoms with Crippen molar-refractivity contribution in [1.82, 2.24) is 0 Å². The van der Waals surface area contributed by atoms with Gasteiger partial charge in [-0.05, 0) is 24.1 Å². The number of hydrogen-bond acceptors (Lipinski definition) is 1. The maximum Gasteiger partial charge on any atom is 0.315 e. The molecule has 20 heavy (non-hydrogen) atoms. The molecular formula is C18H14O2. The summed E-state index contributed by atoms with van der Waals surface area (Å²) in [7, 11) is 0. The third kappa shape index (κ3) is 2.08. The van der Waals surface area contributed by atoms with Crippen LogP contribution in [0.25, 0.3) is 0 Å². The minimum Gasteiger partial charge on any atom is -0.481 e. The van der Waals surface area contributed by atoms with E-state index in [4.69, 9.17) is 0 Å². The van der Waals surface area contributed by atoms with Gasteiger partial charge in [0.05, 0.1) is 0 Å². The lowest BCUT2D eigenvalue weighted by Crippen LogP contribution is -2.22. The summed E-state index contributed by atoms with van der Waals surface area (Å²) in [5, 5.41) is 9.56. The summed E-state index contributed by atoms with van der Waals surface area (Å²) in [6.45, 7) is 0. The summed E-state index contributed by atoms with van der Waals surface area (Å²) in [6.07, 6.45) is 0.589. The van der Waals surface area contributed by atoms with Gasteiger partial charge in [0, 0.05) is 11.5 Å². The van der Waals surface area contributed by atoms with Gasteiger partial charge in [-0.1, -0.05) is 60.4 Å². The molecule has 1 aliphatic carbocycles. The van der Waals surface area contributed by atoms with E-state index in [1.807, 2.05) is 60.7 Å². The van der Waals surface area contributed by atoms with E-state index in [1.165, 1.54) is 0 Å². The van der Waals surface area contributed by atoms with E-state index >= 15 is 0 Å². The van der Waals surface area contributed by atoms with Crippen molar-refractivity contribution in [3.8, 4) is 11.8 Å². The Balaban J connectivity index is 1.88. The fraction of sp³-hybridized carbons (Fsp3) is 0.167.